The fraction of sp³-hybridized carbons (Fsp3) is 0.250. The normalized spacial score (nSPS) is 21.2. The Hall–Kier alpha value is -1.03. The molecule has 2 nitrogen and oxygen atoms in total. The highest BCUT2D eigenvalue weighted by atomic mass is 79.9. The molecule has 2 atom stereocenters. The summed E-state index contributed by atoms with van der Waals surface area (Å²) in [6.45, 7) is 1.97. The number of ether oxygens (including phenoxy) is 1. The number of rotatable bonds is 1. The summed E-state index contributed by atoms with van der Waals surface area (Å²) in [6, 6.07) is 11.6. The smallest absolute Gasteiger partial charge is 0.127 e. The second-order valence-corrected chi connectivity index (χ2v) is 6.37. The van der Waals surface area contributed by atoms with E-state index in [0.717, 1.165) is 31.9 Å². The minimum absolute atomic E-state index is 0.170. The van der Waals surface area contributed by atoms with Crippen LogP contribution in [0.1, 0.15) is 35.3 Å². The van der Waals surface area contributed by atoms with E-state index in [-0.39, 0.29) is 6.10 Å². The number of hydrogen-bond acceptors (Lipinski definition) is 2. The van der Waals surface area contributed by atoms with Crippen LogP contribution in [0.4, 0.5) is 0 Å². The van der Waals surface area contributed by atoms with E-state index in [2.05, 4.69) is 15.9 Å². The van der Waals surface area contributed by atoms with Gasteiger partial charge in [-0.1, -0.05) is 39.7 Å². The highest BCUT2D eigenvalue weighted by Crippen LogP contribution is 2.42. The molecule has 2 unspecified atom stereocenters. The van der Waals surface area contributed by atoms with Gasteiger partial charge in [0.15, 0.2) is 0 Å². The number of aryl methyl sites for hydroxylation is 1. The van der Waals surface area contributed by atoms with Gasteiger partial charge in [0.25, 0.3) is 0 Å². The van der Waals surface area contributed by atoms with Crippen LogP contribution in [0.5, 0.6) is 5.75 Å². The van der Waals surface area contributed by atoms with Crippen molar-refractivity contribution in [3.05, 3.63) is 62.6 Å². The molecule has 1 N–H and O–H groups in total. The number of aliphatic hydroxyl groups excluding tert-OH is 1. The molecule has 0 saturated carbocycles. The summed E-state index contributed by atoms with van der Waals surface area (Å²) >= 11 is 9.58. The van der Waals surface area contributed by atoms with Gasteiger partial charge in [0.05, 0.1) is 6.10 Å². The van der Waals surface area contributed by atoms with E-state index in [9.17, 15) is 5.11 Å². The average molecular weight is 354 g/mol. The zero-order valence-corrected chi connectivity index (χ0v) is 13.3. The molecule has 2 aromatic rings. The van der Waals surface area contributed by atoms with Crippen molar-refractivity contribution in [3.63, 3.8) is 0 Å². The van der Waals surface area contributed by atoms with Gasteiger partial charge in [-0.2, -0.15) is 0 Å². The van der Waals surface area contributed by atoms with Crippen molar-refractivity contribution in [3.8, 4) is 5.75 Å². The van der Waals surface area contributed by atoms with E-state index in [1.54, 1.807) is 0 Å². The van der Waals surface area contributed by atoms with Gasteiger partial charge in [-0.15, -0.1) is 0 Å². The zero-order chi connectivity index (χ0) is 14.3. The van der Waals surface area contributed by atoms with Crippen LogP contribution in [0.3, 0.4) is 0 Å². The zero-order valence-electron chi connectivity index (χ0n) is 10.9. The van der Waals surface area contributed by atoms with Crippen LogP contribution in [0, 0.1) is 6.92 Å². The maximum absolute atomic E-state index is 10.3. The van der Waals surface area contributed by atoms with Crippen molar-refractivity contribution in [2.24, 2.45) is 0 Å². The molecule has 0 radical (unpaired) electrons. The van der Waals surface area contributed by atoms with Crippen molar-refractivity contribution < 1.29 is 9.84 Å². The number of halogens is 2. The standard InChI is InChI=1S/C16H14BrClO2/c1-9-2-3-10(6-13(9)18)16-8-14(19)12-7-11(17)4-5-15(12)20-16/h2-7,14,16,19H,8H2,1H3. The summed E-state index contributed by atoms with van der Waals surface area (Å²) in [4.78, 5) is 0. The highest BCUT2D eigenvalue weighted by Gasteiger charge is 2.28. The van der Waals surface area contributed by atoms with Crippen molar-refractivity contribution in [2.45, 2.75) is 25.6 Å². The van der Waals surface area contributed by atoms with E-state index in [1.807, 2.05) is 43.3 Å². The first-order chi connectivity index (χ1) is 9.54. The monoisotopic (exact) mass is 352 g/mol. The summed E-state index contributed by atoms with van der Waals surface area (Å²) in [5, 5.41) is 11.0. The second-order valence-electron chi connectivity index (χ2n) is 5.05. The van der Waals surface area contributed by atoms with Gasteiger partial charge in [0.1, 0.15) is 11.9 Å². The van der Waals surface area contributed by atoms with Crippen molar-refractivity contribution in [1.29, 1.82) is 0 Å². The molecular weight excluding hydrogens is 340 g/mol. The van der Waals surface area contributed by atoms with Gasteiger partial charge in [-0.05, 0) is 42.3 Å². The summed E-state index contributed by atoms with van der Waals surface area (Å²) < 4.78 is 6.94. The van der Waals surface area contributed by atoms with Crippen LogP contribution < -0.4 is 4.74 Å². The Bertz CT molecular complexity index is 657. The molecule has 3 rings (SSSR count). The van der Waals surface area contributed by atoms with E-state index < -0.39 is 6.10 Å². The van der Waals surface area contributed by atoms with Crippen LogP contribution >= 0.6 is 27.5 Å². The minimum atomic E-state index is -0.527. The molecule has 0 spiro atoms. The Morgan fingerprint density at radius 1 is 1.25 bits per heavy atom. The van der Waals surface area contributed by atoms with Crippen molar-refractivity contribution >= 4 is 27.5 Å². The summed E-state index contributed by atoms with van der Waals surface area (Å²) in [6.07, 6.45) is -0.166. The van der Waals surface area contributed by atoms with E-state index in [4.69, 9.17) is 16.3 Å². The van der Waals surface area contributed by atoms with Gasteiger partial charge < -0.3 is 9.84 Å². The van der Waals surface area contributed by atoms with Crippen molar-refractivity contribution in [1.82, 2.24) is 0 Å². The molecule has 1 aliphatic heterocycles. The third kappa shape index (κ3) is 2.58. The molecule has 0 fully saturated rings. The minimum Gasteiger partial charge on any atom is -0.485 e. The first kappa shape index (κ1) is 13.9. The molecule has 0 saturated heterocycles. The molecule has 0 bridgehead atoms. The SMILES string of the molecule is Cc1ccc(C2CC(O)c3cc(Br)ccc3O2)cc1Cl. The summed E-state index contributed by atoms with van der Waals surface area (Å²) in [5.74, 6) is 0.730. The molecule has 104 valence electrons. The molecule has 0 aromatic heterocycles. The fourth-order valence-electron chi connectivity index (χ4n) is 2.43. The lowest BCUT2D eigenvalue weighted by Crippen LogP contribution is -2.19. The predicted molar refractivity (Wildman–Crippen MR) is 83.3 cm³/mol. The van der Waals surface area contributed by atoms with Gasteiger partial charge in [0.2, 0.25) is 0 Å². The van der Waals surface area contributed by atoms with E-state index >= 15 is 0 Å². The average Bonchev–Trinajstić information content (AvgIpc) is 2.42. The van der Waals surface area contributed by atoms with E-state index in [1.165, 1.54) is 0 Å². The lowest BCUT2D eigenvalue weighted by molar-refractivity contribution is 0.0657. The third-order valence-corrected chi connectivity index (χ3v) is 4.51. The van der Waals surface area contributed by atoms with Gasteiger partial charge in [-0.25, -0.2) is 0 Å². The molecule has 0 amide bonds. The lowest BCUT2D eigenvalue weighted by atomic mass is 9.94. The summed E-state index contributed by atoms with van der Waals surface area (Å²) in [5.41, 5.74) is 2.86. The molecule has 1 heterocycles. The first-order valence-corrected chi connectivity index (χ1v) is 7.62. The third-order valence-electron chi connectivity index (χ3n) is 3.61. The molecular formula is C16H14BrClO2. The molecule has 4 heteroatoms. The quantitative estimate of drug-likeness (QED) is 0.784. The number of fused-ring (bicyclic) bond motifs is 1. The maximum Gasteiger partial charge on any atom is 0.127 e. The van der Waals surface area contributed by atoms with E-state index in [0.29, 0.717) is 6.42 Å². The Morgan fingerprint density at radius 2 is 2.05 bits per heavy atom. The molecule has 2 aromatic carbocycles. The Kier molecular flexibility index (Phi) is 3.76. The molecule has 20 heavy (non-hydrogen) atoms. The lowest BCUT2D eigenvalue weighted by Gasteiger charge is -2.30. The molecule has 0 aliphatic carbocycles. The topological polar surface area (TPSA) is 29.5 Å². The van der Waals surface area contributed by atoms with Crippen LogP contribution in [-0.2, 0) is 0 Å². The number of aliphatic hydroxyl groups is 1. The van der Waals surface area contributed by atoms with Crippen LogP contribution in [0.2, 0.25) is 5.02 Å². The Morgan fingerprint density at radius 3 is 2.80 bits per heavy atom. The number of hydrogen-bond donors (Lipinski definition) is 1. The largest absolute Gasteiger partial charge is 0.485 e. The van der Waals surface area contributed by atoms with Gasteiger partial charge >= 0.3 is 0 Å². The van der Waals surface area contributed by atoms with Gasteiger partial charge in [0, 0.05) is 21.5 Å². The Labute approximate surface area is 131 Å². The van der Waals surface area contributed by atoms with Gasteiger partial charge in [-0.3, -0.25) is 0 Å². The predicted octanol–water partition coefficient (Wildman–Crippen LogP) is 4.97. The number of benzene rings is 2. The summed E-state index contributed by atoms with van der Waals surface area (Å²) in [7, 11) is 0. The maximum atomic E-state index is 10.3. The molecule has 1 aliphatic rings. The second kappa shape index (κ2) is 5.40. The van der Waals surface area contributed by atoms with Crippen LogP contribution in [0.25, 0.3) is 0 Å². The van der Waals surface area contributed by atoms with Crippen LogP contribution in [0.15, 0.2) is 40.9 Å². The van der Waals surface area contributed by atoms with Crippen LogP contribution in [-0.4, -0.2) is 5.11 Å². The highest BCUT2D eigenvalue weighted by molar-refractivity contribution is 9.10. The fourth-order valence-corrected chi connectivity index (χ4v) is 3.00. The van der Waals surface area contributed by atoms with Crippen molar-refractivity contribution in [2.75, 3.05) is 0 Å². The first-order valence-electron chi connectivity index (χ1n) is 6.45. The Balaban J connectivity index is 1.94.